The zero-order valence-corrected chi connectivity index (χ0v) is 29.1. The molecule has 0 aliphatic carbocycles. The van der Waals surface area contributed by atoms with Crippen molar-refractivity contribution in [2.75, 3.05) is 19.5 Å². The molecule has 0 saturated heterocycles. The van der Waals surface area contributed by atoms with Crippen LogP contribution in [-0.4, -0.2) is 25.1 Å². The Labute approximate surface area is 193 Å². The Balaban J connectivity index is -0.000000126. The van der Waals surface area contributed by atoms with Crippen molar-refractivity contribution >= 4 is 17.3 Å². The van der Waals surface area contributed by atoms with Crippen molar-refractivity contribution in [1.29, 1.82) is 0 Å². The summed E-state index contributed by atoms with van der Waals surface area (Å²) in [5.74, 6) is -0.201. The van der Waals surface area contributed by atoms with Gasteiger partial charge in [0.15, 0.2) is 0 Å². The molecule has 160 valence electrons. The first-order chi connectivity index (χ1) is 11.2. The molecular formula is C21H33N2O2ReRfRh-3. The molecule has 0 heterocycles. The largest absolute Gasteiger partial charge is 0.378 e. The van der Waals surface area contributed by atoms with Crippen LogP contribution >= 0.6 is 0 Å². The van der Waals surface area contributed by atoms with Crippen molar-refractivity contribution in [3.05, 3.63) is 75.0 Å². The van der Waals surface area contributed by atoms with E-state index in [-0.39, 0.29) is 60.7 Å². The Morgan fingerprint density at radius 1 is 1.00 bits per heavy atom. The van der Waals surface area contributed by atoms with E-state index in [0.29, 0.717) is 5.56 Å². The average molecular weight is 902 g/mol. The van der Waals surface area contributed by atoms with E-state index in [4.69, 9.17) is 4.84 Å². The number of nitrogens with one attached hydrogen (secondary N) is 1. The van der Waals surface area contributed by atoms with Gasteiger partial charge >= 0.3 is 0 Å². The minimum Gasteiger partial charge on any atom is -0.378 e. The number of hydrogen-bond acceptors (Lipinski definition) is 3. The van der Waals surface area contributed by atoms with Gasteiger partial charge in [-0.05, 0) is 12.1 Å². The molecule has 0 spiro atoms. The minimum absolute atomic E-state index is 0. The topological polar surface area (TPSA) is 41.6 Å². The van der Waals surface area contributed by atoms with Crippen molar-refractivity contribution < 1.29 is 49.5 Å². The quantitative estimate of drug-likeness (QED) is 0.240. The smallest absolute Gasteiger partial charge is 0.279 e. The monoisotopic (exact) mass is 902 g/mol. The molecule has 2 aromatic carbocycles. The van der Waals surface area contributed by atoms with Crippen LogP contribution in [0.4, 0.5) is 11.4 Å². The number of rotatable bonds is 4. The molecule has 0 aliphatic rings. The van der Waals surface area contributed by atoms with E-state index in [1.54, 1.807) is 13.1 Å². The molecule has 4 nitrogen and oxygen atoms in total. The third kappa shape index (κ3) is 13.2. The average Bonchev–Trinajstić information content (AvgIpc) is 2.65. The number of para-hydroxylation sites is 1. The fourth-order valence-electron chi connectivity index (χ4n) is 1.66. The van der Waals surface area contributed by atoms with Crippen molar-refractivity contribution in [3.8, 4) is 0 Å². The Morgan fingerprint density at radius 2 is 1.46 bits per heavy atom. The molecule has 0 aromatic heterocycles. The summed E-state index contributed by atoms with van der Waals surface area (Å²) in [6, 6.07) is 17.7. The number of benzene rings is 2. The second kappa shape index (κ2) is 25.0. The van der Waals surface area contributed by atoms with Crippen LogP contribution in [0.25, 0.3) is 0 Å². The maximum atomic E-state index is 12.1. The Bertz CT molecular complexity index is 575. The SMILES string of the molecule is CC.CC.CON(C)C(=O)c1ccccc1Nc1cc[c-]cc1.[CH3-].[CH3-].[Re].[Rf].[Rh]. The third-order valence-corrected chi connectivity index (χ3v) is 2.71. The summed E-state index contributed by atoms with van der Waals surface area (Å²) in [5, 5.41) is 4.40. The molecular weight excluding hydrogens is 868 g/mol. The van der Waals surface area contributed by atoms with E-state index in [2.05, 4.69) is 11.4 Å². The van der Waals surface area contributed by atoms with Gasteiger partial charge in [-0.1, -0.05) is 45.5 Å². The minimum atomic E-state index is -0.201. The number of anilines is 2. The van der Waals surface area contributed by atoms with E-state index in [9.17, 15) is 4.79 Å². The van der Waals surface area contributed by atoms with Gasteiger partial charge in [0, 0.05) is 52.6 Å². The first-order valence-corrected chi connectivity index (χ1v) is 7.86. The molecule has 2 rings (SSSR count). The summed E-state index contributed by atoms with van der Waals surface area (Å²) in [7, 11) is 3.04. The molecule has 0 fully saturated rings. The van der Waals surface area contributed by atoms with Crippen molar-refractivity contribution in [3.63, 3.8) is 0 Å². The van der Waals surface area contributed by atoms with Gasteiger partial charge in [-0.2, -0.15) is 18.2 Å². The fraction of sp³-hybridized carbons (Fsp3) is 0.286. The van der Waals surface area contributed by atoms with E-state index in [0.717, 1.165) is 11.4 Å². The summed E-state index contributed by atoms with van der Waals surface area (Å²) in [6.07, 6.45) is 0. The van der Waals surface area contributed by atoms with Gasteiger partial charge in [-0.3, -0.25) is 9.63 Å². The van der Waals surface area contributed by atoms with E-state index in [1.807, 2.05) is 70.2 Å². The zero-order chi connectivity index (χ0) is 17.7. The second-order valence-electron chi connectivity index (χ2n) is 3.94. The van der Waals surface area contributed by atoms with Gasteiger partial charge in [-0.15, -0.1) is 12.1 Å². The van der Waals surface area contributed by atoms with Crippen molar-refractivity contribution in [2.24, 2.45) is 0 Å². The predicted octanol–water partition coefficient (Wildman–Crippen LogP) is 5.81. The predicted molar refractivity (Wildman–Crippen MR) is 110 cm³/mol. The van der Waals surface area contributed by atoms with Gasteiger partial charge in [0.1, 0.15) is 0 Å². The molecule has 7 heteroatoms. The molecule has 28 heavy (non-hydrogen) atoms. The maximum absolute atomic E-state index is 12.1. The molecule has 0 bridgehead atoms. The number of carbonyl (C=O) groups is 1. The summed E-state index contributed by atoms with van der Waals surface area (Å²) in [6.45, 7) is 8.00. The number of amides is 1. The number of hydrogen-bond donors (Lipinski definition) is 1. The van der Waals surface area contributed by atoms with Gasteiger partial charge in [0.05, 0.1) is 12.7 Å². The Morgan fingerprint density at radius 3 is 1.93 bits per heavy atom. The van der Waals surface area contributed by atoms with Crippen LogP contribution in [-0.2, 0) is 44.7 Å². The molecule has 0 saturated carbocycles. The summed E-state index contributed by atoms with van der Waals surface area (Å²) >= 11 is 0. The Kier molecular flexibility index (Phi) is 36.2. The van der Waals surface area contributed by atoms with Gasteiger partial charge in [-0.25, -0.2) is 5.06 Å². The van der Waals surface area contributed by atoms with Crippen molar-refractivity contribution in [2.45, 2.75) is 27.7 Å². The first-order valence-electron chi connectivity index (χ1n) is 7.86. The number of hydroxylamine groups is 2. The second-order valence-corrected chi connectivity index (χ2v) is 3.94. The van der Waals surface area contributed by atoms with Crippen LogP contribution < -0.4 is 5.32 Å². The van der Waals surface area contributed by atoms with Gasteiger partial charge < -0.3 is 20.2 Å². The number of carbonyl (C=O) groups excluding carboxylic acids is 1. The van der Waals surface area contributed by atoms with Crippen LogP contribution in [0, 0.1) is 20.9 Å². The maximum Gasteiger partial charge on any atom is 0.279 e. The summed E-state index contributed by atoms with van der Waals surface area (Å²) in [5.41, 5.74) is 2.20. The van der Waals surface area contributed by atoms with E-state index >= 15 is 0 Å². The van der Waals surface area contributed by atoms with Crippen LogP contribution in [0.1, 0.15) is 38.1 Å². The fourth-order valence-corrected chi connectivity index (χ4v) is 1.66. The van der Waals surface area contributed by atoms with Crippen LogP contribution in [0.3, 0.4) is 0 Å². The molecule has 1 amide bonds. The Hall–Kier alpha value is -2.04. The van der Waals surface area contributed by atoms with E-state index in [1.165, 1.54) is 12.2 Å². The van der Waals surface area contributed by atoms with Crippen molar-refractivity contribution in [1.82, 2.24) is 5.06 Å². The van der Waals surface area contributed by atoms with Crippen LogP contribution in [0.15, 0.2) is 48.5 Å². The van der Waals surface area contributed by atoms with Crippen LogP contribution in [0.2, 0.25) is 0 Å². The third-order valence-electron chi connectivity index (χ3n) is 2.71. The first kappa shape index (κ1) is 40.6. The molecule has 0 aliphatic heterocycles. The number of nitrogens with zero attached hydrogens (tertiary/aromatic N) is 1. The summed E-state index contributed by atoms with van der Waals surface area (Å²) in [4.78, 5) is 17.1. The van der Waals surface area contributed by atoms with Gasteiger partial charge in [0.25, 0.3) is 5.91 Å². The van der Waals surface area contributed by atoms with Gasteiger partial charge in [0.2, 0.25) is 0 Å². The molecule has 1 N–H and O–H groups in total. The molecule has 0 atom stereocenters. The zero-order valence-electron chi connectivity index (χ0n) is 18.3. The molecule has 0 unspecified atom stereocenters. The van der Waals surface area contributed by atoms with Crippen LogP contribution in [0.5, 0.6) is 0 Å². The molecule has 2 radical (unpaired) electrons. The standard InChI is InChI=1S/C15H15N2O2.2C2H6.2CH3.Re.Rf.Rh/c1-17(19-2)15(18)13-10-6-7-11-14(13)16-12-8-4-3-5-9-12;2*1-2;;;;;/h4-11,16H,1-2H3;2*1-2H3;2*1H3;;;/q-1;;;2*-1;;;. The molecule has 2 aromatic rings. The van der Waals surface area contributed by atoms with E-state index < -0.39 is 0 Å². The normalized spacial score (nSPS) is 7.21. The summed E-state index contributed by atoms with van der Waals surface area (Å²) < 4.78 is 0.